The lowest BCUT2D eigenvalue weighted by atomic mass is 10.1. The predicted molar refractivity (Wildman–Crippen MR) is 120 cm³/mol. The molecule has 0 aliphatic carbocycles. The average molecular weight is 458 g/mol. The summed E-state index contributed by atoms with van der Waals surface area (Å²) >= 11 is 0.692. The smallest absolute Gasteiger partial charge is 0.293 e. The number of thioether (sulfide) groups is 1. The van der Waals surface area contributed by atoms with Crippen molar-refractivity contribution in [1.82, 2.24) is 4.90 Å². The van der Waals surface area contributed by atoms with Crippen molar-refractivity contribution in [1.29, 1.82) is 0 Å². The molecule has 1 saturated heterocycles. The number of nitro groups is 1. The summed E-state index contributed by atoms with van der Waals surface area (Å²) < 4.78 is 11.0. The van der Waals surface area contributed by atoms with Crippen LogP contribution in [0, 0.1) is 24.0 Å². The van der Waals surface area contributed by atoms with Crippen molar-refractivity contribution in [3.8, 4) is 17.2 Å². The van der Waals surface area contributed by atoms with Crippen LogP contribution in [-0.2, 0) is 4.79 Å². The van der Waals surface area contributed by atoms with Crippen molar-refractivity contribution in [2.45, 2.75) is 20.8 Å². The number of aryl methyl sites for hydroxylation is 2. The number of phenols is 1. The molecule has 1 aliphatic rings. The number of nitrogens with zero attached hydrogens (tertiary/aromatic N) is 2. The molecule has 10 heteroatoms. The molecule has 0 bridgehead atoms. The molecule has 168 valence electrons. The van der Waals surface area contributed by atoms with Crippen LogP contribution in [0.4, 0.5) is 10.5 Å². The van der Waals surface area contributed by atoms with E-state index < -0.39 is 16.1 Å². The van der Waals surface area contributed by atoms with Crippen molar-refractivity contribution >= 4 is 34.7 Å². The minimum absolute atomic E-state index is 0.0137. The molecular formula is C22H22N2O7S. The Kier molecular flexibility index (Phi) is 7.04. The van der Waals surface area contributed by atoms with Crippen molar-refractivity contribution in [2.75, 3.05) is 19.8 Å². The van der Waals surface area contributed by atoms with Crippen molar-refractivity contribution in [2.24, 2.45) is 0 Å². The lowest BCUT2D eigenvalue weighted by Crippen LogP contribution is -2.32. The van der Waals surface area contributed by atoms with E-state index in [1.807, 2.05) is 32.0 Å². The first-order valence-corrected chi connectivity index (χ1v) is 10.6. The van der Waals surface area contributed by atoms with Gasteiger partial charge >= 0.3 is 0 Å². The molecule has 1 N–H and O–H groups in total. The number of carbonyl (C=O) groups is 2. The average Bonchev–Trinajstić information content (AvgIpc) is 3.00. The molecule has 32 heavy (non-hydrogen) atoms. The maximum atomic E-state index is 12.7. The fourth-order valence-corrected chi connectivity index (χ4v) is 3.89. The van der Waals surface area contributed by atoms with Gasteiger partial charge in [-0.15, -0.1) is 0 Å². The summed E-state index contributed by atoms with van der Waals surface area (Å²) in [7, 11) is 0. The van der Waals surface area contributed by atoms with E-state index in [0.717, 1.165) is 28.2 Å². The maximum Gasteiger partial charge on any atom is 0.293 e. The van der Waals surface area contributed by atoms with Crippen LogP contribution in [0.5, 0.6) is 17.2 Å². The summed E-state index contributed by atoms with van der Waals surface area (Å²) in [5, 5.41) is 21.1. The normalized spacial score (nSPS) is 14.8. The number of non-ortho nitro benzene ring substituents is 1. The van der Waals surface area contributed by atoms with Gasteiger partial charge in [-0.3, -0.25) is 24.6 Å². The van der Waals surface area contributed by atoms with Gasteiger partial charge < -0.3 is 14.6 Å². The Morgan fingerprint density at radius 2 is 1.91 bits per heavy atom. The van der Waals surface area contributed by atoms with Crippen LogP contribution in [0.2, 0.25) is 0 Å². The second-order valence-corrected chi connectivity index (χ2v) is 8.02. The molecule has 0 saturated carbocycles. The summed E-state index contributed by atoms with van der Waals surface area (Å²) in [6, 6.07) is 7.99. The quantitative estimate of drug-likeness (QED) is 0.350. The van der Waals surface area contributed by atoms with Crippen molar-refractivity contribution in [3.05, 3.63) is 62.0 Å². The van der Waals surface area contributed by atoms with Crippen molar-refractivity contribution in [3.63, 3.8) is 0 Å². The molecule has 2 aromatic rings. The van der Waals surface area contributed by atoms with Gasteiger partial charge in [-0.2, -0.15) is 0 Å². The summed E-state index contributed by atoms with van der Waals surface area (Å²) in [6.45, 7) is 5.86. The summed E-state index contributed by atoms with van der Waals surface area (Å²) in [5.74, 6) is -0.303. The van der Waals surface area contributed by atoms with Crippen LogP contribution in [0.1, 0.15) is 23.6 Å². The van der Waals surface area contributed by atoms with Crippen LogP contribution in [0.25, 0.3) is 6.08 Å². The molecule has 0 aromatic heterocycles. The standard InChI is InChI=1S/C22H22N2O7S/c1-4-30-18-12-16(24(28)29)10-15(20(18)25)11-19-21(26)23(22(27)32-19)7-8-31-17-9-13(2)5-6-14(17)3/h5-6,9-12,25H,4,7-8H2,1-3H3/b19-11-. The fraction of sp³-hybridized carbons (Fsp3) is 0.273. The largest absolute Gasteiger partial charge is 0.504 e. The van der Waals surface area contributed by atoms with Crippen LogP contribution in [-0.4, -0.2) is 45.8 Å². The number of benzene rings is 2. The molecule has 0 radical (unpaired) electrons. The molecule has 1 aliphatic heterocycles. The summed E-state index contributed by atoms with van der Waals surface area (Å²) in [4.78, 5) is 36.8. The molecular weight excluding hydrogens is 436 g/mol. The van der Waals surface area contributed by atoms with E-state index >= 15 is 0 Å². The van der Waals surface area contributed by atoms with Gasteiger partial charge in [-0.1, -0.05) is 12.1 Å². The number of nitro benzene ring substituents is 1. The Bertz CT molecular complexity index is 1110. The Balaban J connectivity index is 1.78. The molecule has 1 fully saturated rings. The molecule has 2 aromatic carbocycles. The summed E-state index contributed by atoms with van der Waals surface area (Å²) in [5.41, 5.74) is 1.68. The lowest BCUT2D eigenvalue weighted by Gasteiger charge is -2.14. The highest BCUT2D eigenvalue weighted by Crippen LogP contribution is 2.39. The molecule has 1 heterocycles. The van der Waals surface area contributed by atoms with Gasteiger partial charge in [0.2, 0.25) is 0 Å². The van der Waals surface area contributed by atoms with E-state index in [-0.39, 0.29) is 47.4 Å². The third-order valence-electron chi connectivity index (χ3n) is 4.68. The van der Waals surface area contributed by atoms with Crippen LogP contribution in [0.15, 0.2) is 35.2 Å². The number of ether oxygens (including phenoxy) is 2. The van der Waals surface area contributed by atoms with Crippen molar-refractivity contribution < 1.29 is 29.1 Å². The van der Waals surface area contributed by atoms with Gasteiger partial charge in [-0.05, 0) is 55.8 Å². The van der Waals surface area contributed by atoms with Gasteiger partial charge in [0.1, 0.15) is 12.4 Å². The topological polar surface area (TPSA) is 119 Å². The molecule has 0 unspecified atom stereocenters. The molecule has 2 amide bonds. The van der Waals surface area contributed by atoms with Gasteiger partial charge in [0, 0.05) is 11.6 Å². The molecule has 0 atom stereocenters. The first-order chi connectivity index (χ1) is 15.2. The van der Waals surface area contributed by atoms with E-state index in [4.69, 9.17) is 9.47 Å². The Labute approximate surface area is 188 Å². The number of hydrogen-bond acceptors (Lipinski definition) is 8. The van der Waals surface area contributed by atoms with E-state index in [2.05, 4.69) is 0 Å². The lowest BCUT2D eigenvalue weighted by molar-refractivity contribution is -0.385. The zero-order valence-corrected chi connectivity index (χ0v) is 18.6. The fourth-order valence-electron chi connectivity index (χ4n) is 3.04. The van der Waals surface area contributed by atoms with E-state index in [1.165, 1.54) is 6.08 Å². The highest BCUT2D eigenvalue weighted by atomic mass is 32.2. The first kappa shape index (κ1) is 23.1. The third-order valence-corrected chi connectivity index (χ3v) is 5.58. The van der Waals surface area contributed by atoms with Crippen LogP contribution in [0.3, 0.4) is 0 Å². The monoisotopic (exact) mass is 458 g/mol. The highest BCUT2D eigenvalue weighted by molar-refractivity contribution is 8.18. The number of hydrogen-bond donors (Lipinski definition) is 1. The number of imide groups is 1. The number of amides is 2. The number of phenolic OH excluding ortho intramolecular Hbond substituents is 1. The zero-order valence-electron chi connectivity index (χ0n) is 17.8. The number of aromatic hydroxyl groups is 1. The highest BCUT2D eigenvalue weighted by Gasteiger charge is 2.35. The summed E-state index contributed by atoms with van der Waals surface area (Å²) in [6.07, 6.45) is 1.25. The van der Waals surface area contributed by atoms with Gasteiger partial charge in [0.05, 0.1) is 29.0 Å². The molecule has 9 nitrogen and oxygen atoms in total. The second kappa shape index (κ2) is 9.73. The van der Waals surface area contributed by atoms with E-state index in [9.17, 15) is 24.8 Å². The maximum absolute atomic E-state index is 12.7. The van der Waals surface area contributed by atoms with Crippen LogP contribution < -0.4 is 9.47 Å². The van der Waals surface area contributed by atoms with Gasteiger partial charge in [0.15, 0.2) is 11.5 Å². The predicted octanol–water partition coefficient (Wildman–Crippen LogP) is 4.43. The molecule has 3 rings (SSSR count). The second-order valence-electron chi connectivity index (χ2n) is 7.02. The third kappa shape index (κ3) is 5.02. The Morgan fingerprint density at radius 1 is 1.16 bits per heavy atom. The van der Waals surface area contributed by atoms with E-state index in [1.54, 1.807) is 6.92 Å². The number of rotatable bonds is 8. The van der Waals surface area contributed by atoms with E-state index in [0.29, 0.717) is 17.5 Å². The first-order valence-electron chi connectivity index (χ1n) is 9.81. The Hall–Kier alpha value is -3.53. The minimum Gasteiger partial charge on any atom is -0.504 e. The minimum atomic E-state index is -0.629. The van der Waals surface area contributed by atoms with Crippen LogP contribution >= 0.6 is 11.8 Å². The zero-order chi connectivity index (χ0) is 23.4. The molecule has 0 spiro atoms. The van der Waals surface area contributed by atoms with Gasteiger partial charge in [0.25, 0.3) is 16.8 Å². The number of carbonyl (C=O) groups excluding carboxylic acids is 2. The van der Waals surface area contributed by atoms with Gasteiger partial charge in [-0.25, -0.2) is 0 Å². The Morgan fingerprint density at radius 3 is 2.59 bits per heavy atom. The SMILES string of the molecule is CCOc1cc([N+](=O)[O-])cc(/C=C2\SC(=O)N(CCOc3cc(C)ccc3C)C2=O)c1O.